The molecule has 0 fully saturated rings. The van der Waals surface area contributed by atoms with Gasteiger partial charge in [0.2, 0.25) is 0 Å². The molecule has 2 aromatic heterocycles. The summed E-state index contributed by atoms with van der Waals surface area (Å²) in [5, 5.41) is 12.0. The summed E-state index contributed by atoms with van der Waals surface area (Å²) in [5.74, 6) is 0. The minimum Gasteiger partial charge on any atom is -0.472 e. The molecule has 0 radical (unpaired) electrons. The van der Waals surface area contributed by atoms with Crippen molar-refractivity contribution in [3.05, 3.63) is 70.6 Å². The third-order valence-electron chi connectivity index (χ3n) is 4.04. The van der Waals surface area contributed by atoms with Crippen molar-refractivity contribution < 1.29 is 13.8 Å². The monoisotopic (exact) mass is 341 g/mol. The van der Waals surface area contributed by atoms with Crippen molar-refractivity contribution in [3.63, 3.8) is 0 Å². The summed E-state index contributed by atoms with van der Waals surface area (Å²) in [5.41, 5.74) is 4.26. The Labute approximate surface area is 141 Å². The maximum absolute atomic E-state index is 10.8. The van der Waals surface area contributed by atoms with Gasteiger partial charge in [0, 0.05) is 35.2 Å². The lowest BCUT2D eigenvalue weighted by Crippen LogP contribution is -2.37. The summed E-state index contributed by atoms with van der Waals surface area (Å²) in [6.07, 6.45) is 7.75. The first-order valence-electron chi connectivity index (χ1n) is 7.71. The zero-order valence-electron chi connectivity index (χ0n) is 13.9. The molecule has 0 aliphatic rings. The number of nitro groups is 1. The van der Waals surface area contributed by atoms with E-state index in [-0.39, 0.29) is 5.69 Å². The van der Waals surface area contributed by atoms with Crippen LogP contribution in [0.3, 0.4) is 0 Å². The van der Waals surface area contributed by atoms with E-state index in [0.29, 0.717) is 6.42 Å². The summed E-state index contributed by atoms with van der Waals surface area (Å²) in [7, 11) is -1.53. The van der Waals surface area contributed by atoms with Crippen LogP contribution in [0.15, 0.2) is 58.2 Å². The molecule has 0 amide bonds. The van der Waals surface area contributed by atoms with Gasteiger partial charge >= 0.3 is 0 Å². The van der Waals surface area contributed by atoms with Gasteiger partial charge in [-0.05, 0) is 10.8 Å². The Morgan fingerprint density at radius 2 is 1.58 bits per heavy atom. The topological polar surface area (TPSA) is 69.4 Å². The largest absolute Gasteiger partial charge is 0.472 e. The van der Waals surface area contributed by atoms with Gasteiger partial charge < -0.3 is 8.83 Å². The van der Waals surface area contributed by atoms with Crippen LogP contribution in [0.1, 0.15) is 11.1 Å². The molecule has 0 atom stereocenters. The van der Waals surface area contributed by atoms with E-state index in [9.17, 15) is 10.1 Å². The number of nitrogens with zero attached hydrogens (tertiary/aromatic N) is 1. The van der Waals surface area contributed by atoms with Crippen molar-refractivity contribution in [1.29, 1.82) is 0 Å². The van der Waals surface area contributed by atoms with Gasteiger partial charge in [0.25, 0.3) is 5.69 Å². The number of benzene rings is 1. The third kappa shape index (κ3) is 3.19. The maximum Gasteiger partial charge on any atom is 0.269 e. The van der Waals surface area contributed by atoms with E-state index >= 15 is 0 Å². The number of hydrogen-bond acceptors (Lipinski definition) is 4. The summed E-state index contributed by atoms with van der Waals surface area (Å²) < 4.78 is 10.9. The molecule has 0 saturated heterocycles. The van der Waals surface area contributed by atoms with Crippen LogP contribution < -0.4 is 5.19 Å². The molecule has 0 saturated carbocycles. The van der Waals surface area contributed by atoms with Gasteiger partial charge in [0.1, 0.15) is 0 Å². The van der Waals surface area contributed by atoms with Crippen molar-refractivity contribution >= 4 is 18.9 Å². The molecule has 0 bridgehead atoms. The van der Waals surface area contributed by atoms with Crippen molar-refractivity contribution in [2.24, 2.45) is 0 Å². The zero-order chi connectivity index (χ0) is 17.3. The van der Waals surface area contributed by atoms with Gasteiger partial charge in [-0.25, -0.2) is 0 Å². The van der Waals surface area contributed by atoms with Gasteiger partial charge in [-0.2, -0.15) is 0 Å². The van der Waals surface area contributed by atoms with E-state index < -0.39 is 13.0 Å². The molecule has 0 aliphatic heterocycles. The Bertz CT molecular complexity index is 856. The Balaban J connectivity index is 1.92. The van der Waals surface area contributed by atoms with Crippen LogP contribution in [-0.2, 0) is 6.42 Å². The second-order valence-electron chi connectivity index (χ2n) is 6.86. The van der Waals surface area contributed by atoms with Crippen LogP contribution in [0, 0.1) is 10.1 Å². The molecular weight excluding hydrogens is 322 g/mol. The predicted octanol–water partition coefficient (Wildman–Crippen LogP) is 4.58. The summed E-state index contributed by atoms with van der Waals surface area (Å²) >= 11 is 0. The molecule has 2 heterocycles. The van der Waals surface area contributed by atoms with Crippen LogP contribution in [0.4, 0.5) is 5.69 Å². The molecule has 6 heteroatoms. The third-order valence-corrected chi connectivity index (χ3v) is 6.05. The van der Waals surface area contributed by atoms with Crippen molar-refractivity contribution in [1.82, 2.24) is 0 Å². The number of rotatable bonds is 5. The lowest BCUT2D eigenvalue weighted by Gasteiger charge is -2.16. The van der Waals surface area contributed by atoms with Crippen molar-refractivity contribution in [3.8, 4) is 11.1 Å². The fourth-order valence-electron chi connectivity index (χ4n) is 2.74. The first-order chi connectivity index (χ1) is 11.4. The fraction of sp³-hybridized carbons (Fsp3) is 0.222. The highest BCUT2D eigenvalue weighted by Crippen LogP contribution is 2.28. The molecule has 0 N–H and O–H groups in total. The highest BCUT2D eigenvalue weighted by atomic mass is 28.3. The maximum atomic E-state index is 10.8. The van der Waals surface area contributed by atoms with Gasteiger partial charge in [-0.3, -0.25) is 10.1 Å². The smallest absolute Gasteiger partial charge is 0.269 e. The van der Waals surface area contributed by atoms with Crippen molar-refractivity contribution in [2.75, 3.05) is 0 Å². The molecule has 0 unspecified atom stereocenters. The summed E-state index contributed by atoms with van der Waals surface area (Å²) in [6.45, 7) is 6.83. The molecular formula is C18H19NO4Si. The number of furan rings is 2. The molecule has 5 nitrogen and oxygen atoms in total. The first kappa shape index (κ1) is 16.3. The first-order valence-corrected chi connectivity index (χ1v) is 11.2. The van der Waals surface area contributed by atoms with E-state index in [1.165, 1.54) is 17.3 Å². The Morgan fingerprint density at radius 1 is 0.958 bits per heavy atom. The summed E-state index contributed by atoms with van der Waals surface area (Å²) in [4.78, 5) is 10.4. The number of hydrogen-bond donors (Lipinski definition) is 0. The second-order valence-corrected chi connectivity index (χ2v) is 11.9. The van der Waals surface area contributed by atoms with Gasteiger partial charge in [0.05, 0.1) is 38.0 Å². The molecule has 0 spiro atoms. The number of nitro benzene ring substituents is 1. The molecule has 3 aromatic rings. The molecule has 24 heavy (non-hydrogen) atoms. The van der Waals surface area contributed by atoms with E-state index in [1.807, 2.05) is 6.26 Å². The van der Waals surface area contributed by atoms with Gasteiger partial charge in [0.15, 0.2) is 0 Å². The van der Waals surface area contributed by atoms with Crippen molar-refractivity contribution in [2.45, 2.75) is 26.1 Å². The minimum absolute atomic E-state index is 0.0991. The lowest BCUT2D eigenvalue weighted by atomic mass is 10.0. The molecule has 0 aliphatic carbocycles. The zero-order valence-corrected chi connectivity index (χ0v) is 14.9. The van der Waals surface area contributed by atoms with E-state index in [2.05, 4.69) is 19.6 Å². The normalized spacial score (nSPS) is 11.6. The second kappa shape index (κ2) is 6.12. The average molecular weight is 341 g/mol. The Kier molecular flexibility index (Phi) is 4.15. The highest BCUT2D eigenvalue weighted by Gasteiger charge is 2.24. The van der Waals surface area contributed by atoms with E-state index in [0.717, 1.165) is 22.3 Å². The van der Waals surface area contributed by atoms with Crippen LogP contribution in [0.5, 0.6) is 0 Å². The predicted molar refractivity (Wildman–Crippen MR) is 95.3 cm³/mol. The van der Waals surface area contributed by atoms with Gasteiger partial charge in [-0.15, -0.1) is 0 Å². The molecule has 3 rings (SSSR count). The lowest BCUT2D eigenvalue weighted by molar-refractivity contribution is -0.384. The number of non-ortho nitro benzene ring substituents is 1. The molecule has 124 valence electrons. The minimum atomic E-state index is -1.53. The van der Waals surface area contributed by atoms with Crippen LogP contribution >= 0.6 is 0 Å². The quantitative estimate of drug-likeness (QED) is 0.387. The van der Waals surface area contributed by atoms with Crippen LogP contribution in [-0.4, -0.2) is 13.0 Å². The Hall–Kier alpha value is -2.60. The SMILES string of the molecule is C[Si](C)(C)c1cocc1-c1cocc1Cc1ccc([N+](=O)[O-])cc1. The van der Waals surface area contributed by atoms with E-state index in [4.69, 9.17) is 8.83 Å². The average Bonchev–Trinajstić information content (AvgIpc) is 3.15. The fourth-order valence-corrected chi connectivity index (χ4v) is 4.16. The standard InChI is InChI=1S/C18H19NO4Si/c1-24(2,3)18-12-23-11-17(18)16-10-22-9-14(16)8-13-4-6-15(7-5-13)19(20)21/h4-7,9-12H,8H2,1-3H3. The summed E-state index contributed by atoms with van der Waals surface area (Å²) in [6, 6.07) is 6.62. The van der Waals surface area contributed by atoms with Crippen LogP contribution in [0.2, 0.25) is 19.6 Å². The molecule has 1 aromatic carbocycles. The van der Waals surface area contributed by atoms with E-state index in [1.54, 1.807) is 30.9 Å². The van der Waals surface area contributed by atoms with Crippen LogP contribution in [0.25, 0.3) is 11.1 Å². The van der Waals surface area contributed by atoms with Gasteiger partial charge in [-0.1, -0.05) is 31.8 Å². The Morgan fingerprint density at radius 3 is 2.21 bits per heavy atom. The highest BCUT2D eigenvalue weighted by molar-refractivity contribution is 6.89.